The van der Waals surface area contributed by atoms with Crippen molar-refractivity contribution in [1.29, 1.82) is 0 Å². The summed E-state index contributed by atoms with van der Waals surface area (Å²) in [5, 5.41) is 10.4. The predicted octanol–water partition coefficient (Wildman–Crippen LogP) is 0.748. The van der Waals surface area contributed by atoms with E-state index in [-0.39, 0.29) is 29.6 Å². The molecule has 5 nitrogen and oxygen atoms in total. The van der Waals surface area contributed by atoms with Crippen LogP contribution < -0.4 is 0 Å². The molecule has 2 bridgehead atoms. The lowest BCUT2D eigenvalue weighted by Crippen LogP contribution is -2.66. The third-order valence-corrected chi connectivity index (χ3v) is 7.28. The largest absolute Gasteiger partial charge is 0.367 e. The Kier molecular flexibility index (Phi) is 4.00. The maximum Gasteiger partial charge on any atom is 0.182 e. The molecule has 0 amide bonds. The molecule has 0 saturated carbocycles. The van der Waals surface area contributed by atoms with Gasteiger partial charge in [0, 0.05) is 35.4 Å². The first-order valence-corrected chi connectivity index (χ1v) is 9.83. The lowest BCUT2D eigenvalue weighted by atomic mass is 9.76. The summed E-state index contributed by atoms with van der Waals surface area (Å²) < 4.78 is 17.9. The van der Waals surface area contributed by atoms with Crippen molar-refractivity contribution in [3.05, 3.63) is 0 Å². The monoisotopic (exact) mass is 332 g/mol. The number of aliphatic hydroxyl groups excluding tert-OH is 1. The molecule has 21 heavy (non-hydrogen) atoms. The SMILES string of the molecule is O=C1CCSC[C@@H]1[C@@H]1O[C@@H](O)[C@@H]2CSC[C@H]1C21OCCO1. The van der Waals surface area contributed by atoms with Crippen LogP contribution in [0.1, 0.15) is 6.42 Å². The van der Waals surface area contributed by atoms with E-state index in [0.717, 1.165) is 23.0 Å². The minimum atomic E-state index is -0.906. The molecule has 0 aromatic heterocycles. The van der Waals surface area contributed by atoms with E-state index in [0.29, 0.717) is 19.6 Å². The molecule has 4 saturated heterocycles. The summed E-state index contributed by atoms with van der Waals surface area (Å²) in [7, 11) is 0. The molecule has 4 fully saturated rings. The summed E-state index contributed by atoms with van der Waals surface area (Å²) in [6.07, 6.45) is -0.595. The first kappa shape index (κ1) is 14.8. The highest BCUT2D eigenvalue weighted by Gasteiger charge is 2.63. The zero-order chi connectivity index (χ0) is 14.4. The van der Waals surface area contributed by atoms with Crippen LogP contribution in [-0.2, 0) is 19.0 Å². The fourth-order valence-electron chi connectivity index (χ4n) is 3.97. The Labute approximate surface area is 132 Å². The second-order valence-electron chi connectivity index (χ2n) is 6.06. The van der Waals surface area contributed by atoms with Gasteiger partial charge in [-0.3, -0.25) is 4.79 Å². The summed E-state index contributed by atoms with van der Waals surface area (Å²) in [5.74, 6) is 2.55. The average molecular weight is 332 g/mol. The van der Waals surface area contributed by atoms with Gasteiger partial charge >= 0.3 is 0 Å². The normalized spacial score (nSPS) is 46.0. The quantitative estimate of drug-likeness (QED) is 0.760. The molecule has 4 aliphatic rings. The Bertz CT molecular complexity index is 426. The molecule has 4 rings (SSSR count). The molecule has 0 aromatic rings. The molecule has 0 aliphatic carbocycles. The van der Waals surface area contributed by atoms with Gasteiger partial charge in [-0.2, -0.15) is 23.5 Å². The van der Waals surface area contributed by atoms with Gasteiger partial charge < -0.3 is 19.3 Å². The van der Waals surface area contributed by atoms with E-state index in [1.807, 2.05) is 0 Å². The van der Waals surface area contributed by atoms with Crippen molar-refractivity contribution in [2.45, 2.75) is 24.6 Å². The Morgan fingerprint density at radius 1 is 1.10 bits per heavy atom. The molecule has 118 valence electrons. The van der Waals surface area contributed by atoms with Gasteiger partial charge in [0.05, 0.1) is 31.2 Å². The number of aliphatic hydroxyl groups is 1. The fraction of sp³-hybridized carbons (Fsp3) is 0.929. The van der Waals surface area contributed by atoms with Crippen molar-refractivity contribution in [2.24, 2.45) is 17.8 Å². The van der Waals surface area contributed by atoms with Crippen LogP contribution >= 0.6 is 23.5 Å². The first-order valence-electron chi connectivity index (χ1n) is 7.52. The van der Waals surface area contributed by atoms with Gasteiger partial charge in [0.15, 0.2) is 12.1 Å². The van der Waals surface area contributed by atoms with Crippen LogP contribution in [0.2, 0.25) is 0 Å². The van der Waals surface area contributed by atoms with E-state index in [4.69, 9.17) is 14.2 Å². The molecule has 1 spiro atoms. The van der Waals surface area contributed by atoms with E-state index in [9.17, 15) is 9.90 Å². The molecular weight excluding hydrogens is 312 g/mol. The van der Waals surface area contributed by atoms with Crippen molar-refractivity contribution < 1.29 is 24.1 Å². The number of rotatable bonds is 1. The molecule has 0 radical (unpaired) electrons. The summed E-state index contributed by atoms with van der Waals surface area (Å²) in [4.78, 5) is 12.3. The van der Waals surface area contributed by atoms with Crippen LogP contribution in [0.3, 0.4) is 0 Å². The lowest BCUT2D eigenvalue weighted by Gasteiger charge is -2.54. The second-order valence-corrected chi connectivity index (χ2v) is 8.28. The smallest absolute Gasteiger partial charge is 0.182 e. The van der Waals surface area contributed by atoms with E-state index in [1.165, 1.54) is 0 Å². The van der Waals surface area contributed by atoms with E-state index in [2.05, 4.69) is 0 Å². The van der Waals surface area contributed by atoms with Gasteiger partial charge in [-0.05, 0) is 0 Å². The standard InChI is InChI=1S/C14H20O5S2/c15-11-1-4-20-5-8(11)12-9-6-21-7-10(13(16)19-12)14(9)17-2-3-18-14/h8-10,12-13,16H,1-7H2/t8-,9+,10-,12-,13+/m0/s1. The number of hydrogen-bond donors (Lipinski definition) is 1. The van der Waals surface area contributed by atoms with Crippen LogP contribution in [0.15, 0.2) is 0 Å². The third kappa shape index (κ3) is 2.28. The molecular formula is C14H20O5S2. The summed E-state index contributed by atoms with van der Waals surface area (Å²) in [6.45, 7) is 1.12. The molecule has 7 heteroatoms. The van der Waals surface area contributed by atoms with Crippen LogP contribution in [0.5, 0.6) is 0 Å². The van der Waals surface area contributed by atoms with Crippen LogP contribution in [0.25, 0.3) is 0 Å². The topological polar surface area (TPSA) is 65.0 Å². The highest BCUT2D eigenvalue weighted by molar-refractivity contribution is 7.99. The number of Topliss-reactive ketones (excluding diaryl/α,β-unsaturated/α-hetero) is 1. The van der Waals surface area contributed by atoms with Gasteiger partial charge in [0.25, 0.3) is 0 Å². The van der Waals surface area contributed by atoms with Crippen molar-refractivity contribution in [1.82, 2.24) is 0 Å². The summed E-state index contributed by atoms with van der Waals surface area (Å²) >= 11 is 3.60. The first-order chi connectivity index (χ1) is 10.2. The van der Waals surface area contributed by atoms with E-state index >= 15 is 0 Å². The summed E-state index contributed by atoms with van der Waals surface area (Å²) in [5.41, 5.74) is 0. The third-order valence-electron chi connectivity index (χ3n) is 5.00. The van der Waals surface area contributed by atoms with Crippen molar-refractivity contribution in [3.8, 4) is 0 Å². The van der Waals surface area contributed by atoms with Crippen molar-refractivity contribution in [2.75, 3.05) is 36.2 Å². The Balaban J connectivity index is 1.66. The maximum atomic E-state index is 12.3. The number of carbonyl (C=O) groups excluding carboxylic acids is 1. The van der Waals surface area contributed by atoms with Crippen LogP contribution in [0.4, 0.5) is 0 Å². The zero-order valence-electron chi connectivity index (χ0n) is 11.7. The lowest BCUT2D eigenvalue weighted by molar-refractivity contribution is -0.346. The van der Waals surface area contributed by atoms with Gasteiger partial charge in [0.2, 0.25) is 0 Å². The van der Waals surface area contributed by atoms with Crippen LogP contribution in [-0.4, -0.2) is 65.3 Å². The molecule has 5 atom stereocenters. The number of ether oxygens (including phenoxy) is 3. The van der Waals surface area contributed by atoms with Gasteiger partial charge in [-0.25, -0.2) is 0 Å². The zero-order valence-corrected chi connectivity index (χ0v) is 13.4. The minimum Gasteiger partial charge on any atom is -0.367 e. The number of carbonyl (C=O) groups is 1. The molecule has 4 aliphatic heterocycles. The minimum absolute atomic E-state index is 0.0276. The highest BCUT2D eigenvalue weighted by atomic mass is 32.2. The highest BCUT2D eigenvalue weighted by Crippen LogP contribution is 2.52. The van der Waals surface area contributed by atoms with Crippen molar-refractivity contribution in [3.63, 3.8) is 0 Å². The van der Waals surface area contributed by atoms with Gasteiger partial charge in [-0.1, -0.05) is 0 Å². The van der Waals surface area contributed by atoms with Gasteiger partial charge in [0.1, 0.15) is 5.78 Å². The molecule has 0 unspecified atom stereocenters. The fourth-order valence-corrected chi connectivity index (χ4v) is 6.58. The second kappa shape index (κ2) is 5.69. The molecule has 0 aromatic carbocycles. The number of hydrogen-bond acceptors (Lipinski definition) is 7. The predicted molar refractivity (Wildman–Crippen MR) is 80.3 cm³/mol. The maximum absolute atomic E-state index is 12.3. The average Bonchev–Trinajstić information content (AvgIpc) is 2.93. The molecule has 1 N–H and O–H groups in total. The van der Waals surface area contributed by atoms with Crippen LogP contribution in [0, 0.1) is 17.8 Å². The number of thioether (sulfide) groups is 2. The number of ketones is 1. The Morgan fingerprint density at radius 3 is 2.62 bits per heavy atom. The Hall–Kier alpha value is 0.210. The molecule has 4 heterocycles. The van der Waals surface area contributed by atoms with E-state index in [1.54, 1.807) is 23.5 Å². The van der Waals surface area contributed by atoms with Gasteiger partial charge in [-0.15, -0.1) is 0 Å². The summed E-state index contributed by atoms with van der Waals surface area (Å²) in [6, 6.07) is 0. The van der Waals surface area contributed by atoms with Crippen molar-refractivity contribution >= 4 is 29.3 Å². The Morgan fingerprint density at radius 2 is 1.86 bits per heavy atom. The van der Waals surface area contributed by atoms with E-state index < -0.39 is 12.1 Å².